The maximum atomic E-state index is 6.75. The molecule has 0 atom stereocenters. The molecule has 2 heterocycles. The van der Waals surface area contributed by atoms with Crippen LogP contribution in [0.25, 0.3) is 38.6 Å². The third-order valence-electron chi connectivity index (χ3n) is 15.2. The molecule has 2 aliphatic rings. The van der Waals surface area contributed by atoms with Crippen LogP contribution in [0.3, 0.4) is 0 Å². The zero-order valence-electron chi connectivity index (χ0n) is 38.9. The molecular weight excluding hydrogens is 861 g/mol. The number of hydrogen-bond donors (Lipinski definition) is 0. The first-order chi connectivity index (χ1) is 35.2. The highest BCUT2D eigenvalue weighted by Gasteiger charge is 2.47. The fourth-order valence-corrected chi connectivity index (χ4v) is 12.3. The minimum absolute atomic E-state index is 0.572. The van der Waals surface area contributed by atoms with E-state index < -0.39 is 10.8 Å². The van der Waals surface area contributed by atoms with Gasteiger partial charge in [-0.15, -0.1) is 0 Å². The fraction of sp³-hybridized carbons (Fsp3) is 0.0294. The summed E-state index contributed by atoms with van der Waals surface area (Å²) >= 11 is 0. The van der Waals surface area contributed by atoms with E-state index in [4.69, 9.17) is 4.74 Å². The number of benzene rings is 11. The van der Waals surface area contributed by atoms with E-state index in [-0.39, 0.29) is 0 Å². The van der Waals surface area contributed by atoms with Crippen molar-refractivity contribution in [1.82, 2.24) is 4.57 Å². The number of aromatic nitrogens is 1. The average Bonchev–Trinajstić information content (AvgIpc) is 3.94. The van der Waals surface area contributed by atoms with Gasteiger partial charge in [0.2, 0.25) is 0 Å². The Labute approximate surface area is 413 Å². The molecule has 0 unspecified atom stereocenters. The Morgan fingerprint density at radius 1 is 0.296 bits per heavy atom. The van der Waals surface area contributed by atoms with E-state index in [9.17, 15) is 0 Å². The second-order valence-corrected chi connectivity index (χ2v) is 18.7. The van der Waals surface area contributed by atoms with Crippen LogP contribution in [0.5, 0.6) is 11.5 Å². The fourth-order valence-electron chi connectivity index (χ4n) is 12.3. The van der Waals surface area contributed by atoms with Crippen LogP contribution >= 0.6 is 0 Å². The zero-order chi connectivity index (χ0) is 46.9. The first-order valence-electron chi connectivity index (χ1n) is 24.5. The Balaban J connectivity index is 1.05. The molecule has 12 aromatic rings. The lowest BCUT2D eigenvalue weighted by Crippen LogP contribution is -2.34. The molecule has 0 radical (unpaired) electrons. The van der Waals surface area contributed by atoms with Gasteiger partial charge >= 0.3 is 0 Å². The first-order valence-corrected chi connectivity index (χ1v) is 24.5. The molecule has 14 rings (SSSR count). The molecular formula is C68H46N2O. The van der Waals surface area contributed by atoms with Crippen molar-refractivity contribution in [2.24, 2.45) is 0 Å². The van der Waals surface area contributed by atoms with E-state index in [1.807, 2.05) is 0 Å². The van der Waals surface area contributed by atoms with Gasteiger partial charge in [0.05, 0.1) is 21.9 Å². The number of ether oxygens (including phenoxy) is 1. The molecule has 3 nitrogen and oxygen atoms in total. The second-order valence-electron chi connectivity index (χ2n) is 18.7. The van der Waals surface area contributed by atoms with Gasteiger partial charge in [0.25, 0.3) is 0 Å². The van der Waals surface area contributed by atoms with Gasteiger partial charge in [0, 0.05) is 44.6 Å². The Morgan fingerprint density at radius 3 is 1.30 bits per heavy atom. The van der Waals surface area contributed by atoms with Gasteiger partial charge in [0.1, 0.15) is 11.5 Å². The van der Waals surface area contributed by atoms with Crippen LogP contribution in [0.1, 0.15) is 44.5 Å². The molecule has 334 valence electrons. The van der Waals surface area contributed by atoms with Crippen molar-refractivity contribution in [3.8, 4) is 28.3 Å². The molecule has 11 aromatic carbocycles. The molecule has 71 heavy (non-hydrogen) atoms. The van der Waals surface area contributed by atoms with Gasteiger partial charge in [0.15, 0.2) is 0 Å². The average molecular weight is 907 g/mol. The van der Waals surface area contributed by atoms with Crippen LogP contribution in [-0.4, -0.2) is 4.57 Å². The normalized spacial score (nSPS) is 13.7. The SMILES string of the molecule is c1ccc(-n2c3ccccc3c3cc(N(c4cccc(C5(c6ccccc6)c6ccccc6Oc6ccccc65)c4)c4cccc(C5(c6ccccc6)c6ccccc6-c6ccccc65)c4)ccc32)cc1. The van der Waals surface area contributed by atoms with Crippen LogP contribution in [0, 0.1) is 0 Å². The lowest BCUT2D eigenvalue weighted by molar-refractivity contribution is 0.434. The lowest BCUT2D eigenvalue weighted by Gasteiger charge is -2.42. The smallest absolute Gasteiger partial charge is 0.132 e. The summed E-state index contributed by atoms with van der Waals surface area (Å²) in [6.07, 6.45) is 0. The molecule has 0 bridgehead atoms. The quantitative estimate of drug-likeness (QED) is 0.151. The van der Waals surface area contributed by atoms with Crippen LogP contribution in [0.15, 0.2) is 279 Å². The van der Waals surface area contributed by atoms with Crippen LogP contribution in [-0.2, 0) is 10.8 Å². The van der Waals surface area contributed by atoms with Gasteiger partial charge in [-0.1, -0.05) is 206 Å². The summed E-state index contributed by atoms with van der Waals surface area (Å²) < 4.78 is 9.14. The van der Waals surface area contributed by atoms with E-state index in [1.165, 1.54) is 55.2 Å². The second kappa shape index (κ2) is 16.2. The van der Waals surface area contributed by atoms with Crippen molar-refractivity contribution in [1.29, 1.82) is 0 Å². The molecule has 1 aliphatic heterocycles. The number of nitrogens with zero attached hydrogens (tertiary/aromatic N) is 2. The predicted octanol–water partition coefficient (Wildman–Crippen LogP) is 17.1. The zero-order valence-corrected chi connectivity index (χ0v) is 38.9. The number of anilines is 3. The van der Waals surface area contributed by atoms with Crippen LogP contribution in [0.4, 0.5) is 17.1 Å². The van der Waals surface area contributed by atoms with Gasteiger partial charge in [-0.25, -0.2) is 0 Å². The summed E-state index contributed by atoms with van der Waals surface area (Å²) in [5.74, 6) is 1.71. The van der Waals surface area contributed by atoms with Crippen LogP contribution in [0.2, 0.25) is 0 Å². The van der Waals surface area contributed by atoms with Crippen molar-refractivity contribution < 1.29 is 4.74 Å². The Kier molecular flexibility index (Phi) is 9.33. The number of fused-ring (bicyclic) bond motifs is 8. The number of hydrogen-bond acceptors (Lipinski definition) is 2. The summed E-state index contributed by atoms with van der Waals surface area (Å²) in [7, 11) is 0. The molecule has 0 fully saturated rings. The molecule has 3 heteroatoms. The van der Waals surface area contributed by atoms with Gasteiger partial charge in [-0.05, 0) is 117 Å². The minimum Gasteiger partial charge on any atom is -0.457 e. The third-order valence-corrected chi connectivity index (χ3v) is 15.2. The monoisotopic (exact) mass is 906 g/mol. The first kappa shape index (κ1) is 40.8. The van der Waals surface area contributed by atoms with Crippen molar-refractivity contribution in [3.05, 3.63) is 324 Å². The maximum Gasteiger partial charge on any atom is 0.132 e. The van der Waals surface area contributed by atoms with Crippen molar-refractivity contribution in [2.45, 2.75) is 10.8 Å². The Morgan fingerprint density at radius 2 is 0.718 bits per heavy atom. The van der Waals surface area contributed by atoms with E-state index >= 15 is 0 Å². The van der Waals surface area contributed by atoms with Gasteiger partial charge in [-0.3, -0.25) is 0 Å². The van der Waals surface area contributed by atoms with E-state index in [2.05, 4.69) is 289 Å². The van der Waals surface area contributed by atoms with Crippen molar-refractivity contribution in [2.75, 3.05) is 4.90 Å². The van der Waals surface area contributed by atoms with Crippen molar-refractivity contribution >= 4 is 38.9 Å². The highest BCUT2D eigenvalue weighted by Crippen LogP contribution is 2.58. The molecule has 1 aromatic heterocycles. The Hall–Kier alpha value is -9.18. The maximum absolute atomic E-state index is 6.75. The number of rotatable bonds is 8. The van der Waals surface area contributed by atoms with E-state index in [1.54, 1.807) is 0 Å². The summed E-state index contributed by atoms with van der Waals surface area (Å²) in [6, 6.07) is 102. The standard InChI is InChI=1S/C68H46N2O/c1-4-22-47(23-5-1)67(59-35-13-10-32-55(59)56-33-11-14-36-60(56)67)49-26-20-30-52(44-49)69(54-42-43-64-58(46-54)57-34-12-17-39-63(57)70(64)51-28-8-3-9-29-51)53-31-21-27-50(45-53)68(48-24-6-2-7-25-48)61-37-15-18-40-65(61)71-66-41-19-16-38-62(66)68/h1-46H. The largest absolute Gasteiger partial charge is 0.457 e. The van der Waals surface area contributed by atoms with Crippen molar-refractivity contribution in [3.63, 3.8) is 0 Å². The summed E-state index contributed by atoms with van der Waals surface area (Å²) in [5, 5.41) is 2.39. The third kappa shape index (κ3) is 6.03. The van der Waals surface area contributed by atoms with Crippen LogP contribution < -0.4 is 9.64 Å². The van der Waals surface area contributed by atoms with E-state index in [0.29, 0.717) is 0 Å². The predicted molar refractivity (Wildman–Crippen MR) is 291 cm³/mol. The molecule has 0 N–H and O–H groups in total. The summed E-state index contributed by atoms with van der Waals surface area (Å²) in [4.78, 5) is 2.47. The molecule has 0 saturated carbocycles. The topological polar surface area (TPSA) is 17.4 Å². The molecule has 1 aliphatic carbocycles. The highest BCUT2D eigenvalue weighted by molar-refractivity contribution is 6.10. The highest BCUT2D eigenvalue weighted by atomic mass is 16.5. The van der Waals surface area contributed by atoms with E-state index in [0.717, 1.165) is 56.5 Å². The summed E-state index contributed by atoms with van der Waals surface area (Å²) in [5.41, 5.74) is 17.4. The summed E-state index contributed by atoms with van der Waals surface area (Å²) in [6.45, 7) is 0. The molecule has 0 amide bonds. The minimum atomic E-state index is -0.697. The number of para-hydroxylation sites is 4. The van der Waals surface area contributed by atoms with Gasteiger partial charge in [-0.2, -0.15) is 0 Å². The van der Waals surface area contributed by atoms with Gasteiger partial charge < -0.3 is 14.2 Å². The molecule has 0 spiro atoms. The molecule has 0 saturated heterocycles. The Bertz CT molecular complexity index is 3890. The lowest BCUT2D eigenvalue weighted by atomic mass is 9.63.